The third kappa shape index (κ3) is 18.1. The van der Waals surface area contributed by atoms with Gasteiger partial charge in [-0.05, 0) is 151 Å². The first-order valence-corrected chi connectivity index (χ1v) is 40.0. The molecule has 0 atom stereocenters. The van der Waals surface area contributed by atoms with Gasteiger partial charge >= 0.3 is 41.2 Å². The molecule has 121 heavy (non-hydrogen) atoms. The predicted molar refractivity (Wildman–Crippen MR) is 483 cm³/mol. The van der Waals surface area contributed by atoms with Crippen LogP contribution in [0.1, 0.15) is 108 Å². The maximum atomic E-state index is 10.0. The molecule has 7 heterocycles. The van der Waals surface area contributed by atoms with Gasteiger partial charge in [0.15, 0.2) is 5.78 Å². The number of pyridine rings is 3. The topological polar surface area (TPSA) is 110 Å². The molecule has 601 valence electrons. The molecule has 0 saturated carbocycles. The standard InChI is InChI=1S/C46H34N4.C28H27N2.C19H12.C11H8N.C5H8O2.2Ir.Pt/c1-45(2)36-19-11-17-34-35-18-12-20-37-43(35)50(42(34)36)44-38(45)27-33(28-39(44)46(37,3)4)49(31-15-9-13-29(25-31)40-21-5-7-23-47-40)32-16-10-14-30(26-32)41-22-6-8-24-48-41;1-17-10-18(2)13-23(12-17)27-28(24-14-19(3)11-20(4)15-24)30-25(16-29-27)26-21(5)8-7-9-22(26)6;1-2-6-14(7-3-1)15-10-11-19-17(12-15)13-16-8-4-5-9-18(16)19;1-2-6-10(7-3-1)11-8-4-5-9-12-11;1-4(6)3-5(2)7;;;/h5-24,27-28H,1-4H3;7-12,14-16H,1-6H3;1-6,8-9,11-12H,13H2;1-6,8-9H;3,6H,1-2H3;;;/q-2;-1;-2;-1;;;+3;+2. The number of para-hydroxylation sites is 2. The van der Waals surface area contributed by atoms with Crippen molar-refractivity contribution in [2.24, 2.45) is 0 Å². The third-order valence-electron chi connectivity index (χ3n) is 22.2. The first-order chi connectivity index (χ1) is 57.1. The normalized spacial score (nSPS) is 12.3. The molecule has 20 rings (SSSR count). The minimum absolute atomic E-state index is 0. The summed E-state index contributed by atoms with van der Waals surface area (Å²) in [6.07, 6.45) is 9.56. The zero-order valence-electron chi connectivity index (χ0n) is 69.5. The zero-order valence-corrected chi connectivity index (χ0v) is 76.6. The van der Waals surface area contributed by atoms with E-state index in [9.17, 15) is 4.79 Å². The molecule has 12 heteroatoms. The molecule has 1 radical (unpaired) electrons. The Bertz CT molecular complexity index is 6390. The van der Waals surface area contributed by atoms with Crippen molar-refractivity contribution < 1.29 is 71.2 Å². The molecule has 0 bridgehead atoms. The number of allylic oxidation sites excluding steroid dienone is 2. The van der Waals surface area contributed by atoms with Crippen molar-refractivity contribution in [2.75, 3.05) is 4.90 Å². The number of carbonyl (C=O) groups is 1. The Morgan fingerprint density at radius 3 is 1.47 bits per heavy atom. The van der Waals surface area contributed by atoms with E-state index in [0.29, 0.717) is 0 Å². The molecule has 0 amide bonds. The van der Waals surface area contributed by atoms with Crippen molar-refractivity contribution in [3.8, 4) is 95.5 Å². The van der Waals surface area contributed by atoms with Gasteiger partial charge in [-0.3, -0.25) is 9.78 Å². The van der Waals surface area contributed by atoms with E-state index >= 15 is 0 Å². The van der Waals surface area contributed by atoms with Gasteiger partial charge in [0.2, 0.25) is 0 Å². The minimum Gasteiger partial charge on any atom is -0.512 e. The number of hydrogen-bond donors (Lipinski definition) is 1. The number of anilines is 3. The summed E-state index contributed by atoms with van der Waals surface area (Å²) >= 11 is 0. The van der Waals surface area contributed by atoms with E-state index in [1.165, 1.54) is 120 Å². The van der Waals surface area contributed by atoms with E-state index in [2.05, 4.69) is 306 Å². The second-order valence-electron chi connectivity index (χ2n) is 31.7. The second kappa shape index (κ2) is 37.3. The molecule has 0 unspecified atom stereocenters. The monoisotopic (exact) mass is 2110 g/mol. The number of hydrogen-bond acceptors (Lipinski definition) is 8. The number of rotatable bonds is 11. The molecule has 9 nitrogen and oxygen atoms in total. The summed E-state index contributed by atoms with van der Waals surface area (Å²) in [7, 11) is 0. The van der Waals surface area contributed by atoms with Gasteiger partial charge in [0.1, 0.15) is 0 Å². The molecule has 0 spiro atoms. The van der Waals surface area contributed by atoms with Gasteiger partial charge in [-0.1, -0.05) is 197 Å². The van der Waals surface area contributed by atoms with Gasteiger partial charge < -0.3 is 34.5 Å². The first-order valence-electron chi connectivity index (χ1n) is 40.0. The minimum atomic E-state index is -0.248. The SMILES string of the molecule is CC(=O)C=C(C)O.CC1(C)c2cc(N(c3[c-]c(-c4ccccn4)ccc3)c3[c-]c(-c4ccccn4)ccc3)cc3c2-n2c4c1cccc4c1cccc(c12)C3(C)C.Cc1[c-]c(-c2ncc(-c3c(C)cccc3C)nc2-c2cc(C)cc(C)c2)cc(C)c1.[Ir+3].[Ir].[Pt+2].[c-]1ccccc1-c1[c-]cc2c(c1)Cc1ccccc1-2.[c-]1ccccc1-c1ccccn1. The van der Waals surface area contributed by atoms with Crippen LogP contribution in [0.3, 0.4) is 0 Å². The third-order valence-corrected chi connectivity index (χ3v) is 22.2. The molecule has 5 aromatic heterocycles. The Morgan fingerprint density at radius 2 is 0.959 bits per heavy atom. The maximum Gasteiger partial charge on any atom is 3.00 e. The van der Waals surface area contributed by atoms with Crippen LogP contribution >= 0.6 is 0 Å². The van der Waals surface area contributed by atoms with Crippen LogP contribution in [0.4, 0.5) is 17.1 Å². The van der Waals surface area contributed by atoms with Crippen molar-refractivity contribution in [3.63, 3.8) is 0 Å². The number of fused-ring (bicyclic) bond motifs is 4. The summed E-state index contributed by atoms with van der Waals surface area (Å²) in [5, 5.41) is 11.0. The average molecular weight is 2110 g/mol. The Balaban J connectivity index is 0.000000150. The number of ketones is 1. The van der Waals surface area contributed by atoms with Crippen molar-refractivity contribution in [1.29, 1.82) is 0 Å². The fraction of sp³-hybridized carbons (Fsp3) is 0.138. The molecular weight excluding hydrogens is 2020 g/mol. The summed E-state index contributed by atoms with van der Waals surface area (Å²) in [5.74, 6) is -0.0625. The molecule has 12 aromatic carbocycles. The van der Waals surface area contributed by atoms with E-state index < -0.39 is 0 Å². The van der Waals surface area contributed by atoms with Gasteiger partial charge in [-0.15, -0.1) is 148 Å². The van der Waals surface area contributed by atoms with E-state index in [1.54, 1.807) is 6.20 Å². The largest absolute Gasteiger partial charge is 3.00 e. The van der Waals surface area contributed by atoms with Crippen LogP contribution in [-0.4, -0.2) is 40.4 Å². The summed E-state index contributed by atoms with van der Waals surface area (Å²) in [4.78, 5) is 36.0. The van der Waals surface area contributed by atoms with Gasteiger partial charge in [0.25, 0.3) is 0 Å². The number of aryl methyl sites for hydroxylation is 6. The number of benzene rings is 12. The summed E-state index contributed by atoms with van der Waals surface area (Å²) < 4.78 is 2.58. The van der Waals surface area contributed by atoms with Crippen LogP contribution in [0.15, 0.2) is 310 Å². The van der Waals surface area contributed by atoms with Crippen LogP contribution in [0.5, 0.6) is 0 Å². The number of nitrogens with zero attached hydrogens (tertiary/aromatic N) is 7. The molecule has 1 N–H and O–H groups in total. The molecule has 3 aliphatic rings. The van der Waals surface area contributed by atoms with Crippen LogP contribution in [0.25, 0.3) is 117 Å². The quantitative estimate of drug-likeness (QED) is 0.0775. The fourth-order valence-corrected chi connectivity index (χ4v) is 16.9. The van der Waals surface area contributed by atoms with E-state index in [-0.39, 0.29) is 83.6 Å². The Morgan fingerprint density at radius 1 is 0.455 bits per heavy atom. The molecule has 1 aliphatic carbocycles. The van der Waals surface area contributed by atoms with E-state index in [1.807, 2.05) is 116 Å². The van der Waals surface area contributed by atoms with Crippen molar-refractivity contribution in [2.45, 2.75) is 100 Å². The number of aromatic nitrogens is 6. The number of aliphatic hydroxyl groups is 1. The van der Waals surface area contributed by atoms with Crippen molar-refractivity contribution in [3.05, 3.63) is 413 Å². The molecule has 2 aliphatic heterocycles. The molecule has 17 aromatic rings. The van der Waals surface area contributed by atoms with Crippen molar-refractivity contribution >= 4 is 44.7 Å². The van der Waals surface area contributed by atoms with Gasteiger partial charge in [0, 0.05) is 89.5 Å². The summed E-state index contributed by atoms with van der Waals surface area (Å²) in [6.45, 7) is 25.1. The molecular formula is C109H89Ir2N7O2Pt-. The van der Waals surface area contributed by atoms with Gasteiger partial charge in [0.05, 0.1) is 33.9 Å². The smallest absolute Gasteiger partial charge is 0.512 e. The molecule has 0 saturated heterocycles. The molecule has 0 fully saturated rings. The second-order valence-corrected chi connectivity index (χ2v) is 31.7. The van der Waals surface area contributed by atoms with Gasteiger partial charge in [-0.2, -0.15) is 36.4 Å². The van der Waals surface area contributed by atoms with Crippen LogP contribution in [0, 0.1) is 77.9 Å². The average Bonchev–Trinajstić information content (AvgIpc) is 1.53. The van der Waals surface area contributed by atoms with Crippen LogP contribution < -0.4 is 4.90 Å². The number of carbonyl (C=O) groups excluding carboxylic acids is 1. The number of aliphatic hydroxyl groups excluding tert-OH is 1. The maximum absolute atomic E-state index is 10.0. The van der Waals surface area contributed by atoms with Crippen molar-refractivity contribution in [1.82, 2.24) is 29.5 Å². The van der Waals surface area contributed by atoms with Gasteiger partial charge in [-0.25, -0.2) is 11.1 Å². The Kier molecular flexibility index (Phi) is 26.8. The van der Waals surface area contributed by atoms with Crippen LogP contribution in [0.2, 0.25) is 0 Å². The Hall–Kier alpha value is -12.0. The first kappa shape index (κ1) is 86.8. The summed E-state index contributed by atoms with van der Waals surface area (Å²) in [5.41, 5.74) is 38.3. The fourth-order valence-electron chi connectivity index (χ4n) is 16.9. The zero-order chi connectivity index (χ0) is 81.9. The summed E-state index contributed by atoms with van der Waals surface area (Å²) in [6, 6.07) is 116. The van der Waals surface area contributed by atoms with Crippen LogP contribution in [-0.2, 0) is 83.3 Å². The predicted octanol–water partition coefficient (Wildman–Crippen LogP) is 26.5. The van der Waals surface area contributed by atoms with E-state index in [0.717, 1.165) is 108 Å². The van der Waals surface area contributed by atoms with E-state index in [4.69, 9.17) is 15.1 Å². The Labute approximate surface area is 752 Å².